The molecule has 28 heavy (non-hydrogen) atoms. The van der Waals surface area contributed by atoms with Crippen LogP contribution in [0, 0.1) is 5.82 Å². The van der Waals surface area contributed by atoms with Crippen LogP contribution in [0.2, 0.25) is 0 Å². The van der Waals surface area contributed by atoms with Crippen molar-refractivity contribution in [3.05, 3.63) is 32.9 Å². The smallest absolute Gasteiger partial charge is 0.349 e. The minimum atomic E-state index is -5.93. The van der Waals surface area contributed by atoms with Crippen LogP contribution in [0.15, 0.2) is 15.8 Å². The third-order valence-electron chi connectivity index (χ3n) is 3.90. The molecule has 2 aliphatic heterocycles. The predicted molar refractivity (Wildman–Crippen MR) is 75.2 cm³/mol. The summed E-state index contributed by atoms with van der Waals surface area (Å²) in [6, 6.07) is 0. The Bertz CT molecular complexity index is 915. The molecule has 0 amide bonds. The number of aromatic amines is 1. The number of hydrogen-bond donors (Lipinski definition) is 1. The minimum Gasteiger partial charge on any atom is -0.349 e. The number of phosphoric acid groups is 1. The number of aromatic nitrogens is 2. The van der Waals surface area contributed by atoms with Gasteiger partial charge < -0.3 is 4.74 Å². The Hall–Kier alpha value is -1.67. The number of rotatable bonds is 4. The average molecular weight is 440 g/mol. The lowest BCUT2D eigenvalue weighted by molar-refractivity contribution is -0.291. The first-order chi connectivity index (χ1) is 12.8. The number of halogens is 6. The van der Waals surface area contributed by atoms with Crippen molar-refractivity contribution in [1.82, 2.24) is 9.55 Å². The van der Waals surface area contributed by atoms with Crippen LogP contribution in [-0.2, 0) is 22.9 Å². The number of H-pyrrole nitrogens is 1. The fourth-order valence-corrected chi connectivity index (χ4v) is 3.88. The summed E-state index contributed by atoms with van der Waals surface area (Å²) >= 11 is 0. The van der Waals surface area contributed by atoms with E-state index in [2.05, 4.69) is 9.05 Å². The molecule has 2 saturated heterocycles. The number of alkyl halides is 5. The molecule has 3 heterocycles. The van der Waals surface area contributed by atoms with Crippen LogP contribution in [-0.4, -0.2) is 47.1 Å². The Kier molecular flexibility index (Phi) is 5.25. The third kappa shape index (κ3) is 4.03. The van der Waals surface area contributed by atoms with Gasteiger partial charge in [-0.1, -0.05) is 0 Å². The molecule has 0 spiro atoms. The molecule has 9 nitrogen and oxygen atoms in total. The zero-order chi connectivity index (χ0) is 20.9. The maximum absolute atomic E-state index is 13.4. The summed E-state index contributed by atoms with van der Waals surface area (Å²) < 4.78 is 107. The molecule has 0 aliphatic carbocycles. The quantitative estimate of drug-likeness (QED) is 0.561. The largest absolute Gasteiger partial charge is 0.475 e. The van der Waals surface area contributed by atoms with Crippen molar-refractivity contribution in [3.8, 4) is 0 Å². The van der Waals surface area contributed by atoms with Crippen molar-refractivity contribution < 1.29 is 49.2 Å². The van der Waals surface area contributed by atoms with Gasteiger partial charge >= 0.3 is 25.6 Å². The van der Waals surface area contributed by atoms with Crippen LogP contribution in [0.3, 0.4) is 0 Å². The number of phosphoric ester groups is 1. The van der Waals surface area contributed by atoms with Gasteiger partial charge in [0.25, 0.3) is 5.56 Å². The zero-order valence-corrected chi connectivity index (χ0v) is 14.3. The summed E-state index contributed by atoms with van der Waals surface area (Å²) in [5.41, 5.74) is -2.29. The van der Waals surface area contributed by atoms with E-state index in [0.717, 1.165) is 0 Å². The van der Waals surface area contributed by atoms with E-state index in [9.17, 15) is 40.5 Å². The summed E-state index contributed by atoms with van der Waals surface area (Å²) in [5, 5.41) is 0. The third-order valence-corrected chi connectivity index (χ3v) is 5.33. The molecule has 0 bridgehead atoms. The van der Waals surface area contributed by atoms with E-state index in [0.29, 0.717) is 10.8 Å². The fraction of sp³-hybridized carbons (Fsp3) is 0.667. The van der Waals surface area contributed by atoms with Crippen LogP contribution in [0.25, 0.3) is 0 Å². The van der Waals surface area contributed by atoms with Gasteiger partial charge in [0.05, 0.1) is 12.8 Å². The highest BCUT2D eigenvalue weighted by Gasteiger charge is 2.59. The second-order valence-electron chi connectivity index (χ2n) is 5.87. The standard InChI is InChI=1S/C12H11F6N2O7P/c13-5-2-20(10(22)19-9(5)21)8-1-6-7(26-8)3-24-28(23,27-6)25-4-11(14,15)12(16,17)18/h2,6-8H,1,3-4H2,(H,19,21,22)/t6-,7+,8+,28?/m0/s1. The highest BCUT2D eigenvalue weighted by Crippen LogP contribution is 2.57. The van der Waals surface area contributed by atoms with Crippen LogP contribution >= 0.6 is 7.82 Å². The maximum Gasteiger partial charge on any atom is 0.475 e. The van der Waals surface area contributed by atoms with E-state index in [4.69, 9.17) is 9.26 Å². The first kappa shape index (κ1) is 21.0. The Labute approximate surface area is 150 Å². The lowest BCUT2D eigenvalue weighted by Gasteiger charge is -2.30. The van der Waals surface area contributed by atoms with E-state index in [1.54, 1.807) is 4.98 Å². The van der Waals surface area contributed by atoms with Crippen LogP contribution in [0.1, 0.15) is 12.6 Å². The first-order valence-corrected chi connectivity index (χ1v) is 8.96. The van der Waals surface area contributed by atoms with Crippen LogP contribution in [0.4, 0.5) is 26.3 Å². The zero-order valence-electron chi connectivity index (χ0n) is 13.5. The topological polar surface area (TPSA) is 109 Å². The van der Waals surface area contributed by atoms with E-state index < -0.39 is 68.6 Å². The highest BCUT2D eigenvalue weighted by molar-refractivity contribution is 7.48. The van der Waals surface area contributed by atoms with Gasteiger partial charge in [-0.05, 0) is 0 Å². The van der Waals surface area contributed by atoms with Gasteiger partial charge in [-0.25, -0.2) is 9.36 Å². The summed E-state index contributed by atoms with van der Waals surface area (Å²) in [5.74, 6) is -6.58. The van der Waals surface area contributed by atoms with E-state index in [1.807, 2.05) is 0 Å². The number of nitrogens with zero attached hydrogens (tertiary/aromatic N) is 1. The van der Waals surface area contributed by atoms with Crippen molar-refractivity contribution in [2.24, 2.45) is 0 Å². The summed E-state index contributed by atoms with van der Waals surface area (Å²) in [4.78, 5) is 24.5. The monoisotopic (exact) mass is 440 g/mol. The van der Waals surface area contributed by atoms with Gasteiger partial charge in [-0.3, -0.25) is 27.9 Å². The SMILES string of the molecule is O=c1[nH]c(=O)n([C@H]2C[C@@H]3OP(=O)(OCC(F)(F)C(F)(F)F)OC[C@H]3O2)cc1F. The normalized spacial score (nSPS) is 31.0. The van der Waals surface area contributed by atoms with Crippen LogP contribution < -0.4 is 11.2 Å². The fourth-order valence-electron chi connectivity index (χ4n) is 2.48. The molecular weight excluding hydrogens is 429 g/mol. The molecule has 16 heteroatoms. The van der Waals surface area contributed by atoms with E-state index in [-0.39, 0.29) is 6.42 Å². The van der Waals surface area contributed by atoms with Crippen molar-refractivity contribution in [2.45, 2.75) is 37.0 Å². The molecule has 1 aromatic heterocycles. The Morgan fingerprint density at radius 3 is 2.57 bits per heavy atom. The molecule has 3 rings (SSSR count). The van der Waals surface area contributed by atoms with Crippen molar-refractivity contribution in [2.75, 3.05) is 13.2 Å². The molecule has 2 fully saturated rings. The van der Waals surface area contributed by atoms with Crippen molar-refractivity contribution in [3.63, 3.8) is 0 Å². The van der Waals surface area contributed by atoms with Gasteiger partial charge in [-0.15, -0.1) is 0 Å². The van der Waals surface area contributed by atoms with Crippen molar-refractivity contribution >= 4 is 7.82 Å². The number of hydrogen-bond acceptors (Lipinski definition) is 7. The minimum absolute atomic E-state index is 0.275. The Morgan fingerprint density at radius 2 is 1.93 bits per heavy atom. The Balaban J connectivity index is 1.69. The van der Waals surface area contributed by atoms with Gasteiger partial charge in [0.1, 0.15) is 25.0 Å². The molecule has 158 valence electrons. The van der Waals surface area contributed by atoms with Crippen molar-refractivity contribution in [1.29, 1.82) is 0 Å². The molecule has 0 saturated carbocycles. The number of ether oxygens (including phenoxy) is 1. The second kappa shape index (κ2) is 6.99. The van der Waals surface area contributed by atoms with Crippen LogP contribution in [0.5, 0.6) is 0 Å². The first-order valence-electron chi connectivity index (χ1n) is 7.50. The lowest BCUT2D eigenvalue weighted by atomic mass is 10.2. The van der Waals surface area contributed by atoms with Gasteiger partial charge in [0.15, 0.2) is 0 Å². The second-order valence-corrected chi connectivity index (χ2v) is 7.49. The average Bonchev–Trinajstić information content (AvgIpc) is 2.98. The molecule has 1 aromatic rings. The van der Waals surface area contributed by atoms with Gasteiger partial charge in [0, 0.05) is 6.42 Å². The van der Waals surface area contributed by atoms with E-state index in [1.165, 1.54) is 0 Å². The highest BCUT2D eigenvalue weighted by atomic mass is 31.2. The Morgan fingerprint density at radius 1 is 1.25 bits per heavy atom. The molecular formula is C12H11F6N2O7P. The summed E-state index contributed by atoms with van der Waals surface area (Å²) in [6.45, 7) is -2.86. The molecule has 2 aliphatic rings. The molecule has 1 N–H and O–H groups in total. The van der Waals surface area contributed by atoms with Gasteiger partial charge in [-0.2, -0.15) is 26.3 Å². The van der Waals surface area contributed by atoms with Gasteiger partial charge in [0.2, 0.25) is 5.82 Å². The molecule has 0 radical (unpaired) electrons. The maximum atomic E-state index is 13.4. The predicted octanol–water partition coefficient (Wildman–Crippen LogP) is 1.70. The summed E-state index contributed by atoms with van der Waals surface area (Å²) in [6.07, 6.45) is -9.03. The number of nitrogens with one attached hydrogen (secondary N) is 1. The molecule has 4 atom stereocenters. The molecule has 1 unspecified atom stereocenters. The molecule has 0 aromatic carbocycles. The van der Waals surface area contributed by atoms with E-state index >= 15 is 0 Å². The summed E-state index contributed by atoms with van der Waals surface area (Å²) in [7, 11) is -4.78. The number of fused-ring (bicyclic) bond motifs is 1. The lowest BCUT2D eigenvalue weighted by Crippen LogP contribution is -2.41.